The van der Waals surface area contributed by atoms with E-state index in [-0.39, 0.29) is 22.9 Å². The van der Waals surface area contributed by atoms with Crippen molar-refractivity contribution in [2.75, 3.05) is 13.1 Å². The third kappa shape index (κ3) is 7.38. The first-order chi connectivity index (χ1) is 17.6. The van der Waals surface area contributed by atoms with E-state index in [1.54, 1.807) is 12.1 Å². The van der Waals surface area contributed by atoms with Crippen molar-refractivity contribution in [1.29, 1.82) is 5.26 Å². The van der Waals surface area contributed by atoms with Crippen LogP contribution < -0.4 is 16.0 Å². The Morgan fingerprint density at radius 1 is 1.24 bits per heavy atom. The molecule has 1 aliphatic heterocycles. The predicted molar refractivity (Wildman–Crippen MR) is 128 cm³/mol. The van der Waals surface area contributed by atoms with Gasteiger partial charge >= 0.3 is 12.0 Å². The molecule has 4 N–H and O–H groups in total. The van der Waals surface area contributed by atoms with Gasteiger partial charge in [-0.05, 0) is 30.5 Å². The zero-order valence-electron chi connectivity index (χ0n) is 19.5. The molecule has 9 nitrogen and oxygen atoms in total. The number of aliphatic hydroxyl groups excluding tert-OH is 1. The second-order valence-electron chi connectivity index (χ2n) is 8.44. The van der Waals surface area contributed by atoms with Gasteiger partial charge in [-0.1, -0.05) is 54.1 Å². The summed E-state index contributed by atoms with van der Waals surface area (Å²) in [5, 5.41) is 26.2. The summed E-state index contributed by atoms with van der Waals surface area (Å²) in [4.78, 5) is 36.6. The molecule has 0 saturated carbocycles. The zero-order chi connectivity index (χ0) is 27.0. The summed E-state index contributed by atoms with van der Waals surface area (Å²) in [5.74, 6) is -5.23. The van der Waals surface area contributed by atoms with Gasteiger partial charge in [0.05, 0.1) is 12.1 Å². The van der Waals surface area contributed by atoms with E-state index in [9.17, 15) is 19.5 Å². The number of halogens is 3. The van der Waals surface area contributed by atoms with Crippen molar-refractivity contribution in [3.05, 3.63) is 70.7 Å². The minimum absolute atomic E-state index is 0.0126. The summed E-state index contributed by atoms with van der Waals surface area (Å²) < 4.78 is 35.9. The number of nitriles is 1. The van der Waals surface area contributed by atoms with Crippen LogP contribution in [0.2, 0.25) is 5.02 Å². The van der Waals surface area contributed by atoms with E-state index >= 15 is 8.78 Å². The molecule has 0 aliphatic carbocycles. The number of hydrogen-bond acceptors (Lipinski definition) is 6. The molecule has 2 aromatic rings. The number of alkyl halides is 2. The second kappa shape index (κ2) is 12.5. The zero-order valence-corrected chi connectivity index (χ0v) is 20.3. The molecule has 1 saturated heterocycles. The number of hydrogen-bond donors (Lipinski definition) is 4. The lowest BCUT2D eigenvalue weighted by Crippen LogP contribution is -2.48. The molecule has 1 heterocycles. The Morgan fingerprint density at radius 3 is 2.59 bits per heavy atom. The number of carbonyl (C=O) groups is 3. The van der Waals surface area contributed by atoms with Crippen LogP contribution in [-0.4, -0.2) is 48.2 Å². The van der Waals surface area contributed by atoms with Crippen LogP contribution in [0.5, 0.6) is 0 Å². The van der Waals surface area contributed by atoms with Gasteiger partial charge in [-0.3, -0.25) is 9.59 Å². The third-order valence-corrected chi connectivity index (χ3v) is 6.06. The Kier molecular flexibility index (Phi) is 9.38. The molecule has 37 heavy (non-hydrogen) atoms. The fourth-order valence-electron chi connectivity index (χ4n) is 3.92. The molecule has 4 atom stereocenters. The molecule has 0 bridgehead atoms. The van der Waals surface area contributed by atoms with E-state index in [1.807, 2.05) is 0 Å². The molecular weight excluding hydrogens is 510 g/mol. The Balaban J connectivity index is 1.66. The number of benzene rings is 2. The van der Waals surface area contributed by atoms with Crippen molar-refractivity contribution in [2.24, 2.45) is 5.92 Å². The normalized spacial score (nSPS) is 17.6. The van der Waals surface area contributed by atoms with Gasteiger partial charge in [0.25, 0.3) is 0 Å². The monoisotopic (exact) mass is 534 g/mol. The van der Waals surface area contributed by atoms with E-state index in [0.717, 1.165) is 12.1 Å². The molecule has 1 aliphatic rings. The first-order valence-electron chi connectivity index (χ1n) is 11.4. The van der Waals surface area contributed by atoms with Gasteiger partial charge in [0.1, 0.15) is 6.54 Å². The van der Waals surface area contributed by atoms with Gasteiger partial charge in [-0.25, -0.2) is 4.79 Å². The van der Waals surface area contributed by atoms with E-state index in [0.29, 0.717) is 13.0 Å². The van der Waals surface area contributed by atoms with E-state index in [1.165, 1.54) is 36.4 Å². The van der Waals surface area contributed by atoms with Crippen LogP contribution in [0.15, 0.2) is 54.6 Å². The van der Waals surface area contributed by atoms with Gasteiger partial charge < -0.3 is 25.8 Å². The third-order valence-electron chi connectivity index (χ3n) is 5.82. The molecule has 4 unspecified atom stereocenters. The Bertz CT molecular complexity index is 1160. The fourth-order valence-corrected chi connectivity index (χ4v) is 4.11. The first kappa shape index (κ1) is 27.8. The number of nitrogens with zero attached hydrogens (tertiary/aromatic N) is 1. The van der Waals surface area contributed by atoms with Gasteiger partial charge in [0.15, 0.2) is 12.2 Å². The molecule has 1 fully saturated rings. The van der Waals surface area contributed by atoms with E-state index in [2.05, 4.69) is 16.0 Å². The minimum atomic E-state index is -3.67. The maximum atomic E-state index is 15.4. The molecule has 12 heteroatoms. The summed E-state index contributed by atoms with van der Waals surface area (Å²) in [6, 6.07) is 12.9. The molecule has 2 aromatic carbocycles. The van der Waals surface area contributed by atoms with Crippen molar-refractivity contribution in [2.45, 2.75) is 37.0 Å². The number of amides is 3. The molecule has 3 amide bonds. The molecule has 0 aromatic heterocycles. The van der Waals surface area contributed by atoms with Gasteiger partial charge in [-0.2, -0.15) is 14.0 Å². The van der Waals surface area contributed by atoms with Crippen molar-refractivity contribution >= 4 is 29.5 Å². The lowest BCUT2D eigenvalue weighted by Gasteiger charge is -2.27. The average Bonchev–Trinajstić information content (AvgIpc) is 3.29. The predicted octanol–water partition coefficient (Wildman–Crippen LogP) is 2.79. The Morgan fingerprint density at radius 2 is 1.97 bits per heavy atom. The number of carbonyl (C=O) groups excluding carboxylic acids is 3. The standard InChI is InChI=1S/C25H25ClF2N4O5/c26-18-8-4-7-17(12-18)25(27,28)22(15-5-2-1-3-6-15)37-24(36)31-14-21(34)32-19(20(33)13-29)11-16-9-10-30-23(16)35/h1-8,12,16,19-20,22,33H,9-11,14H2,(H,30,35)(H,31,36)(H,32,34). The molecule has 0 spiro atoms. The van der Waals surface area contributed by atoms with Crippen LogP contribution >= 0.6 is 11.6 Å². The fraction of sp³-hybridized carbons (Fsp3) is 0.360. The summed E-state index contributed by atoms with van der Waals surface area (Å²) >= 11 is 5.87. The van der Waals surface area contributed by atoms with Crippen LogP contribution in [0.3, 0.4) is 0 Å². The minimum Gasteiger partial charge on any atom is -0.434 e. The maximum Gasteiger partial charge on any atom is 0.408 e. The van der Waals surface area contributed by atoms with Gasteiger partial charge in [-0.15, -0.1) is 0 Å². The number of rotatable bonds is 10. The summed E-state index contributed by atoms with van der Waals surface area (Å²) in [5.41, 5.74) is -0.456. The van der Waals surface area contributed by atoms with E-state index < -0.39 is 54.2 Å². The average molecular weight is 535 g/mol. The summed E-state index contributed by atoms with van der Waals surface area (Å²) in [6.07, 6.45) is -4.43. The Hall–Kier alpha value is -3.75. The van der Waals surface area contributed by atoms with Crippen molar-refractivity contribution in [3.8, 4) is 6.07 Å². The smallest absolute Gasteiger partial charge is 0.408 e. The van der Waals surface area contributed by atoms with Crippen molar-refractivity contribution in [1.82, 2.24) is 16.0 Å². The summed E-state index contributed by atoms with van der Waals surface area (Å²) in [7, 11) is 0. The van der Waals surface area contributed by atoms with Crippen LogP contribution in [0, 0.1) is 17.2 Å². The highest BCUT2D eigenvalue weighted by atomic mass is 35.5. The van der Waals surface area contributed by atoms with Gasteiger partial charge in [0, 0.05) is 23.0 Å². The van der Waals surface area contributed by atoms with Crippen molar-refractivity contribution < 1.29 is 33.0 Å². The van der Waals surface area contributed by atoms with Crippen LogP contribution in [-0.2, 0) is 20.2 Å². The highest BCUT2D eigenvalue weighted by Crippen LogP contribution is 2.43. The van der Waals surface area contributed by atoms with Crippen LogP contribution in [0.25, 0.3) is 0 Å². The van der Waals surface area contributed by atoms with Crippen LogP contribution in [0.1, 0.15) is 30.1 Å². The second-order valence-corrected chi connectivity index (χ2v) is 8.88. The highest BCUT2D eigenvalue weighted by molar-refractivity contribution is 6.30. The lowest BCUT2D eigenvalue weighted by atomic mass is 9.95. The number of alkyl carbamates (subject to hydrolysis) is 1. The Labute approximate surface area is 216 Å². The number of nitrogens with one attached hydrogen (secondary N) is 3. The maximum absolute atomic E-state index is 15.4. The number of aliphatic hydroxyl groups is 1. The lowest BCUT2D eigenvalue weighted by molar-refractivity contribution is -0.125. The quantitative estimate of drug-likeness (QED) is 0.345. The largest absolute Gasteiger partial charge is 0.434 e. The molecule has 3 rings (SSSR count). The topological polar surface area (TPSA) is 141 Å². The number of ether oxygens (including phenoxy) is 1. The SMILES string of the molecule is N#CC(O)C(CC1CCNC1=O)NC(=O)CNC(=O)OC(c1ccccc1)C(F)(F)c1cccc(Cl)c1. The van der Waals surface area contributed by atoms with E-state index in [4.69, 9.17) is 21.6 Å². The summed E-state index contributed by atoms with van der Waals surface area (Å²) in [6.45, 7) is -0.239. The molecule has 196 valence electrons. The highest BCUT2D eigenvalue weighted by Gasteiger charge is 2.45. The first-order valence-corrected chi connectivity index (χ1v) is 11.8. The van der Waals surface area contributed by atoms with Gasteiger partial charge in [0.2, 0.25) is 11.8 Å². The van der Waals surface area contributed by atoms with Crippen molar-refractivity contribution in [3.63, 3.8) is 0 Å². The van der Waals surface area contributed by atoms with Crippen LogP contribution in [0.4, 0.5) is 13.6 Å². The molecule has 0 radical (unpaired) electrons. The molecular formula is C25H25ClF2N4O5.